The molecule has 2 heterocycles. The Morgan fingerprint density at radius 3 is 2.58 bits per heavy atom. The number of fused-ring (bicyclic) bond motifs is 1. The van der Waals surface area contributed by atoms with Gasteiger partial charge in [0, 0.05) is 37.9 Å². The zero-order chi connectivity index (χ0) is 18.0. The number of rotatable bonds is 3. The Morgan fingerprint density at radius 2 is 1.85 bits per heavy atom. The maximum absolute atomic E-state index is 12.1. The second-order valence-electron chi connectivity index (χ2n) is 7.25. The van der Waals surface area contributed by atoms with Crippen molar-refractivity contribution < 1.29 is 9.53 Å². The van der Waals surface area contributed by atoms with Gasteiger partial charge in [-0.1, -0.05) is 49.4 Å². The third kappa shape index (κ3) is 3.26. The molecule has 1 saturated heterocycles. The number of hydrogen-bond acceptors (Lipinski definition) is 2. The maximum atomic E-state index is 12.1. The summed E-state index contributed by atoms with van der Waals surface area (Å²) in [6, 6.07) is 16.8. The molecule has 0 bridgehead atoms. The van der Waals surface area contributed by atoms with Crippen LogP contribution >= 0.6 is 0 Å². The van der Waals surface area contributed by atoms with E-state index in [1.54, 1.807) is 0 Å². The summed E-state index contributed by atoms with van der Waals surface area (Å²) in [4.78, 5) is 14.1. The van der Waals surface area contributed by atoms with Crippen molar-refractivity contribution in [2.75, 3.05) is 13.1 Å². The molecule has 0 aromatic heterocycles. The van der Waals surface area contributed by atoms with E-state index in [1.807, 2.05) is 11.0 Å². The Hall–Kier alpha value is -2.55. The molecular formula is C23H25NO2. The van der Waals surface area contributed by atoms with Crippen molar-refractivity contribution in [3.05, 3.63) is 60.2 Å². The predicted molar refractivity (Wildman–Crippen MR) is 105 cm³/mol. The predicted octanol–water partition coefficient (Wildman–Crippen LogP) is 4.92. The van der Waals surface area contributed by atoms with Crippen molar-refractivity contribution in [1.29, 1.82) is 0 Å². The summed E-state index contributed by atoms with van der Waals surface area (Å²) < 4.78 is 6.41. The number of benzene rings is 2. The fourth-order valence-electron chi connectivity index (χ4n) is 3.85. The van der Waals surface area contributed by atoms with Crippen LogP contribution in [-0.2, 0) is 4.79 Å². The molecule has 3 nitrogen and oxygen atoms in total. The van der Waals surface area contributed by atoms with Gasteiger partial charge in [-0.05, 0) is 35.8 Å². The molecule has 2 aliphatic heterocycles. The molecule has 26 heavy (non-hydrogen) atoms. The quantitative estimate of drug-likeness (QED) is 0.789. The lowest BCUT2D eigenvalue weighted by Crippen LogP contribution is -2.49. The van der Waals surface area contributed by atoms with E-state index < -0.39 is 0 Å². The Labute approximate surface area is 155 Å². The molecule has 0 radical (unpaired) electrons. The van der Waals surface area contributed by atoms with E-state index in [1.165, 1.54) is 11.1 Å². The number of carbonyl (C=O) groups excluding carboxylic acids is 1. The number of nitrogens with zero attached hydrogens (tertiary/aromatic N) is 1. The normalized spacial score (nSPS) is 17.7. The van der Waals surface area contributed by atoms with Crippen molar-refractivity contribution in [3.8, 4) is 16.9 Å². The second kappa shape index (κ2) is 6.99. The van der Waals surface area contributed by atoms with Gasteiger partial charge in [-0.25, -0.2) is 0 Å². The van der Waals surface area contributed by atoms with Crippen LogP contribution in [0.2, 0.25) is 0 Å². The van der Waals surface area contributed by atoms with Gasteiger partial charge in [-0.3, -0.25) is 4.79 Å². The maximum Gasteiger partial charge on any atom is 0.222 e. The minimum absolute atomic E-state index is 0.260. The first-order chi connectivity index (χ1) is 12.7. The van der Waals surface area contributed by atoms with E-state index in [2.05, 4.69) is 61.5 Å². The summed E-state index contributed by atoms with van der Waals surface area (Å²) >= 11 is 0. The SMILES string of the molecule is CCCC(=O)N1CCC2(C=Cc3cc(-c4ccccc4)ccc3O2)CC1. The molecule has 1 amide bonds. The van der Waals surface area contributed by atoms with Crippen LogP contribution in [0.3, 0.4) is 0 Å². The highest BCUT2D eigenvalue weighted by atomic mass is 16.5. The van der Waals surface area contributed by atoms with Crippen molar-refractivity contribution >= 4 is 12.0 Å². The van der Waals surface area contributed by atoms with E-state index in [0.717, 1.165) is 43.7 Å². The van der Waals surface area contributed by atoms with Crippen molar-refractivity contribution in [1.82, 2.24) is 4.90 Å². The van der Waals surface area contributed by atoms with Crippen molar-refractivity contribution in [2.45, 2.75) is 38.2 Å². The van der Waals surface area contributed by atoms with Crippen molar-refractivity contribution in [3.63, 3.8) is 0 Å². The molecule has 3 heteroatoms. The summed E-state index contributed by atoms with van der Waals surface area (Å²) in [5.74, 6) is 1.22. The molecule has 0 atom stereocenters. The third-order valence-corrected chi connectivity index (χ3v) is 5.42. The van der Waals surface area contributed by atoms with E-state index in [4.69, 9.17) is 4.74 Å². The smallest absolute Gasteiger partial charge is 0.222 e. The third-order valence-electron chi connectivity index (χ3n) is 5.42. The lowest BCUT2D eigenvalue weighted by molar-refractivity contribution is -0.133. The average molecular weight is 347 g/mol. The number of ether oxygens (including phenoxy) is 1. The average Bonchev–Trinajstić information content (AvgIpc) is 2.69. The van der Waals surface area contributed by atoms with Crippen LogP contribution in [0.4, 0.5) is 0 Å². The van der Waals surface area contributed by atoms with Gasteiger partial charge in [-0.15, -0.1) is 0 Å². The molecule has 2 aromatic carbocycles. The first-order valence-corrected chi connectivity index (χ1v) is 9.55. The van der Waals surface area contributed by atoms with E-state index in [9.17, 15) is 4.79 Å². The summed E-state index contributed by atoms with van der Waals surface area (Å²) in [5, 5.41) is 0. The summed E-state index contributed by atoms with van der Waals surface area (Å²) in [5.41, 5.74) is 3.28. The zero-order valence-corrected chi connectivity index (χ0v) is 15.3. The molecule has 4 rings (SSSR count). The first kappa shape index (κ1) is 16.9. The Kier molecular flexibility index (Phi) is 4.54. The van der Waals surface area contributed by atoms with Gasteiger partial charge in [0.2, 0.25) is 5.91 Å². The van der Waals surface area contributed by atoms with Crippen LogP contribution < -0.4 is 4.74 Å². The second-order valence-corrected chi connectivity index (χ2v) is 7.25. The number of carbonyl (C=O) groups is 1. The number of likely N-dealkylation sites (tertiary alicyclic amines) is 1. The molecule has 0 unspecified atom stereocenters. The number of amides is 1. The molecule has 0 N–H and O–H groups in total. The standard InChI is InChI=1S/C23H25NO2/c1-2-6-22(25)24-15-13-23(14-16-24)12-11-20-17-19(9-10-21(20)26-23)18-7-4-3-5-8-18/h3-5,7-12,17H,2,6,13-16H2,1H3. The van der Waals surface area contributed by atoms with E-state index in [-0.39, 0.29) is 11.5 Å². The monoisotopic (exact) mass is 347 g/mol. The molecular weight excluding hydrogens is 322 g/mol. The fourth-order valence-corrected chi connectivity index (χ4v) is 3.85. The molecule has 2 aromatic rings. The van der Waals surface area contributed by atoms with Gasteiger partial charge < -0.3 is 9.64 Å². The largest absolute Gasteiger partial charge is 0.482 e. The van der Waals surface area contributed by atoms with Gasteiger partial charge >= 0.3 is 0 Å². The summed E-state index contributed by atoms with van der Waals surface area (Å²) in [7, 11) is 0. The minimum atomic E-state index is -0.260. The van der Waals surface area contributed by atoms with Crippen LogP contribution in [0.15, 0.2) is 54.6 Å². The van der Waals surface area contributed by atoms with Crippen LogP contribution in [0.5, 0.6) is 5.75 Å². The minimum Gasteiger partial charge on any atom is -0.482 e. The summed E-state index contributed by atoms with van der Waals surface area (Å²) in [6.07, 6.45) is 7.67. The highest BCUT2D eigenvalue weighted by Gasteiger charge is 2.37. The van der Waals surface area contributed by atoms with Gasteiger partial charge in [0.15, 0.2) is 0 Å². The molecule has 1 fully saturated rings. The lowest BCUT2D eigenvalue weighted by Gasteiger charge is -2.42. The Balaban J connectivity index is 1.49. The molecule has 2 aliphatic rings. The van der Waals surface area contributed by atoms with Crippen LogP contribution in [0, 0.1) is 0 Å². The Bertz CT molecular complexity index is 817. The topological polar surface area (TPSA) is 29.5 Å². The van der Waals surface area contributed by atoms with Crippen LogP contribution in [0.1, 0.15) is 38.2 Å². The highest BCUT2D eigenvalue weighted by Crippen LogP contribution is 2.38. The number of hydrogen-bond donors (Lipinski definition) is 0. The fraction of sp³-hybridized carbons (Fsp3) is 0.348. The summed E-state index contributed by atoms with van der Waals surface area (Å²) in [6.45, 7) is 3.61. The molecule has 0 aliphatic carbocycles. The molecule has 134 valence electrons. The van der Waals surface area contributed by atoms with Crippen LogP contribution in [-0.4, -0.2) is 29.5 Å². The van der Waals surface area contributed by atoms with Gasteiger partial charge in [-0.2, -0.15) is 0 Å². The first-order valence-electron chi connectivity index (χ1n) is 9.55. The molecule has 1 spiro atoms. The van der Waals surface area contributed by atoms with Gasteiger partial charge in [0.25, 0.3) is 0 Å². The number of piperidine rings is 1. The zero-order valence-electron chi connectivity index (χ0n) is 15.3. The van der Waals surface area contributed by atoms with Gasteiger partial charge in [0.05, 0.1) is 0 Å². The lowest BCUT2D eigenvalue weighted by atomic mass is 9.87. The van der Waals surface area contributed by atoms with Crippen molar-refractivity contribution in [2.24, 2.45) is 0 Å². The molecule has 0 saturated carbocycles. The highest BCUT2D eigenvalue weighted by molar-refractivity contribution is 5.76. The van der Waals surface area contributed by atoms with E-state index >= 15 is 0 Å². The van der Waals surface area contributed by atoms with E-state index in [0.29, 0.717) is 6.42 Å². The Morgan fingerprint density at radius 1 is 1.08 bits per heavy atom. The van der Waals surface area contributed by atoms with Crippen LogP contribution in [0.25, 0.3) is 17.2 Å². The van der Waals surface area contributed by atoms with Gasteiger partial charge in [0.1, 0.15) is 11.4 Å².